The molecule has 0 aromatic rings. The maximum atomic E-state index is 11.5. The lowest BCUT2D eigenvalue weighted by molar-refractivity contribution is -0.149. The summed E-state index contributed by atoms with van der Waals surface area (Å²) in [7, 11) is 0. The van der Waals surface area contributed by atoms with Crippen LogP contribution in [0.15, 0.2) is 12.2 Å². The van der Waals surface area contributed by atoms with Crippen molar-refractivity contribution >= 4 is 11.9 Å². The third kappa shape index (κ3) is 13.9. The van der Waals surface area contributed by atoms with Crippen molar-refractivity contribution in [1.82, 2.24) is 0 Å². The molecule has 0 saturated heterocycles. The zero-order valence-electron chi connectivity index (χ0n) is 16.9. The molecule has 0 amide bonds. The highest BCUT2D eigenvalue weighted by Crippen LogP contribution is 2.25. The van der Waals surface area contributed by atoms with Crippen LogP contribution >= 0.6 is 0 Å². The fraction of sp³-hybridized carbons (Fsp3) is 0.818. The van der Waals surface area contributed by atoms with Gasteiger partial charge in [0.25, 0.3) is 0 Å². The number of hydrogen-bond donors (Lipinski definition) is 2. The maximum Gasteiger partial charge on any atom is 0.307 e. The minimum absolute atomic E-state index is 0.176. The fourth-order valence-corrected chi connectivity index (χ4v) is 3.34. The number of unbranched alkanes of at least 4 members (excludes halogenated alkanes) is 10. The predicted molar refractivity (Wildman–Crippen MR) is 107 cm³/mol. The van der Waals surface area contributed by atoms with E-state index in [9.17, 15) is 14.7 Å². The Labute approximate surface area is 160 Å². The standard InChI is InChI=1S/C22H40O4/c1-3-5-7-9-10-11-13-15-17-19(16-14-12-8-6-4-2)20(22(25)26)18-21(23)24/h15,17,19-20H,3-14,16,18H2,1-2H3,(H,23,24)(H,25,26). The lowest BCUT2D eigenvalue weighted by Crippen LogP contribution is -2.25. The van der Waals surface area contributed by atoms with E-state index in [0.29, 0.717) is 0 Å². The lowest BCUT2D eigenvalue weighted by atomic mass is 9.84. The van der Waals surface area contributed by atoms with E-state index in [1.165, 1.54) is 51.4 Å². The van der Waals surface area contributed by atoms with Gasteiger partial charge in [-0.25, -0.2) is 0 Å². The van der Waals surface area contributed by atoms with Crippen LogP contribution in [0.25, 0.3) is 0 Å². The van der Waals surface area contributed by atoms with Gasteiger partial charge in [0.1, 0.15) is 0 Å². The van der Waals surface area contributed by atoms with Gasteiger partial charge in [0.05, 0.1) is 12.3 Å². The highest BCUT2D eigenvalue weighted by molar-refractivity contribution is 5.78. The molecule has 0 saturated carbocycles. The molecule has 0 aromatic carbocycles. The Bertz CT molecular complexity index is 390. The summed E-state index contributed by atoms with van der Waals surface area (Å²) in [6, 6.07) is 0. The van der Waals surface area contributed by atoms with E-state index in [1.807, 2.05) is 6.08 Å². The zero-order valence-corrected chi connectivity index (χ0v) is 16.9. The summed E-state index contributed by atoms with van der Waals surface area (Å²) < 4.78 is 0. The van der Waals surface area contributed by atoms with Gasteiger partial charge < -0.3 is 10.2 Å². The summed E-state index contributed by atoms with van der Waals surface area (Å²) in [5, 5.41) is 18.5. The van der Waals surface area contributed by atoms with Gasteiger partial charge in [-0.15, -0.1) is 0 Å². The van der Waals surface area contributed by atoms with Gasteiger partial charge in [-0.3, -0.25) is 9.59 Å². The molecular weight excluding hydrogens is 328 g/mol. The first-order valence-electron chi connectivity index (χ1n) is 10.6. The van der Waals surface area contributed by atoms with Crippen molar-refractivity contribution in [3.63, 3.8) is 0 Å². The van der Waals surface area contributed by atoms with Gasteiger partial charge in [0.2, 0.25) is 0 Å². The van der Waals surface area contributed by atoms with Crippen molar-refractivity contribution in [2.24, 2.45) is 11.8 Å². The molecule has 26 heavy (non-hydrogen) atoms. The van der Waals surface area contributed by atoms with Gasteiger partial charge in [-0.2, -0.15) is 0 Å². The molecule has 0 radical (unpaired) electrons. The first-order valence-corrected chi connectivity index (χ1v) is 10.6. The molecule has 0 bridgehead atoms. The van der Waals surface area contributed by atoms with E-state index >= 15 is 0 Å². The number of rotatable bonds is 18. The van der Waals surface area contributed by atoms with E-state index in [-0.39, 0.29) is 12.3 Å². The summed E-state index contributed by atoms with van der Waals surface area (Å²) in [5.74, 6) is -3.02. The third-order valence-electron chi connectivity index (χ3n) is 4.98. The van der Waals surface area contributed by atoms with Crippen LogP contribution in [0, 0.1) is 11.8 Å². The average Bonchev–Trinajstić information content (AvgIpc) is 2.59. The van der Waals surface area contributed by atoms with Gasteiger partial charge >= 0.3 is 11.9 Å². The Kier molecular flexibility index (Phi) is 16.2. The number of carboxylic acid groups (broad SMARTS) is 2. The lowest BCUT2D eigenvalue weighted by Gasteiger charge is -2.20. The topological polar surface area (TPSA) is 74.6 Å². The minimum Gasteiger partial charge on any atom is -0.481 e. The van der Waals surface area contributed by atoms with Crippen LogP contribution in [-0.2, 0) is 9.59 Å². The molecule has 4 nitrogen and oxygen atoms in total. The number of carbonyl (C=O) groups is 2. The molecule has 0 aliphatic rings. The molecule has 152 valence electrons. The quantitative estimate of drug-likeness (QED) is 0.215. The average molecular weight is 369 g/mol. The van der Waals surface area contributed by atoms with Crippen molar-refractivity contribution in [3.8, 4) is 0 Å². The summed E-state index contributed by atoms with van der Waals surface area (Å²) in [6.45, 7) is 4.38. The Morgan fingerprint density at radius 1 is 0.808 bits per heavy atom. The number of aliphatic carboxylic acids is 2. The van der Waals surface area contributed by atoms with E-state index in [2.05, 4.69) is 19.9 Å². The van der Waals surface area contributed by atoms with Crippen LogP contribution in [0.4, 0.5) is 0 Å². The predicted octanol–water partition coefficient (Wildman–Crippen LogP) is 6.45. The summed E-state index contributed by atoms with van der Waals surface area (Å²) in [4.78, 5) is 22.6. The van der Waals surface area contributed by atoms with Crippen molar-refractivity contribution in [1.29, 1.82) is 0 Å². The van der Waals surface area contributed by atoms with Crippen LogP contribution < -0.4 is 0 Å². The molecule has 0 heterocycles. The van der Waals surface area contributed by atoms with Gasteiger partial charge in [-0.1, -0.05) is 90.2 Å². The zero-order chi connectivity index (χ0) is 19.6. The molecule has 0 aliphatic heterocycles. The molecule has 2 unspecified atom stereocenters. The monoisotopic (exact) mass is 368 g/mol. The molecule has 0 rings (SSSR count). The van der Waals surface area contributed by atoms with Crippen LogP contribution in [0.3, 0.4) is 0 Å². The largest absolute Gasteiger partial charge is 0.481 e. The molecule has 4 heteroatoms. The Balaban J connectivity index is 4.47. The van der Waals surface area contributed by atoms with Crippen LogP contribution in [-0.4, -0.2) is 22.2 Å². The molecule has 2 atom stereocenters. The van der Waals surface area contributed by atoms with Crippen LogP contribution in [0.5, 0.6) is 0 Å². The fourth-order valence-electron chi connectivity index (χ4n) is 3.34. The minimum atomic E-state index is -1.03. The molecule has 0 fully saturated rings. The Morgan fingerprint density at radius 2 is 1.35 bits per heavy atom. The molecule has 0 aromatic heterocycles. The summed E-state index contributed by atoms with van der Waals surface area (Å²) in [5.41, 5.74) is 0. The second kappa shape index (κ2) is 17.1. The van der Waals surface area contributed by atoms with E-state index < -0.39 is 17.9 Å². The van der Waals surface area contributed by atoms with Gasteiger partial charge in [0, 0.05) is 0 Å². The van der Waals surface area contributed by atoms with E-state index in [0.717, 1.165) is 32.1 Å². The maximum absolute atomic E-state index is 11.5. The number of hydrogen-bond acceptors (Lipinski definition) is 2. The SMILES string of the molecule is CCCCCCCCC=CC(CCCCCCC)C(CC(=O)O)C(=O)O. The van der Waals surface area contributed by atoms with Crippen LogP contribution in [0.2, 0.25) is 0 Å². The smallest absolute Gasteiger partial charge is 0.307 e. The van der Waals surface area contributed by atoms with Gasteiger partial charge in [0.15, 0.2) is 0 Å². The Hall–Kier alpha value is -1.32. The first-order chi connectivity index (χ1) is 12.5. The van der Waals surface area contributed by atoms with Crippen molar-refractivity contribution in [3.05, 3.63) is 12.2 Å². The molecular formula is C22H40O4. The summed E-state index contributed by atoms with van der Waals surface area (Å²) in [6.07, 6.45) is 18.5. The molecule has 0 aliphatic carbocycles. The van der Waals surface area contributed by atoms with E-state index in [4.69, 9.17) is 5.11 Å². The third-order valence-corrected chi connectivity index (χ3v) is 4.98. The molecule has 2 N–H and O–H groups in total. The number of carboxylic acids is 2. The second-order valence-electron chi connectivity index (χ2n) is 7.39. The van der Waals surface area contributed by atoms with Crippen molar-refractivity contribution in [2.45, 2.75) is 104 Å². The summed E-state index contributed by atoms with van der Waals surface area (Å²) >= 11 is 0. The van der Waals surface area contributed by atoms with Crippen molar-refractivity contribution in [2.75, 3.05) is 0 Å². The second-order valence-corrected chi connectivity index (χ2v) is 7.39. The van der Waals surface area contributed by atoms with Gasteiger partial charge in [-0.05, 0) is 25.2 Å². The highest BCUT2D eigenvalue weighted by Gasteiger charge is 2.28. The first kappa shape index (κ1) is 24.7. The highest BCUT2D eigenvalue weighted by atomic mass is 16.4. The molecule has 0 spiro atoms. The van der Waals surface area contributed by atoms with Crippen molar-refractivity contribution < 1.29 is 19.8 Å². The number of allylic oxidation sites excluding steroid dienone is 2. The van der Waals surface area contributed by atoms with Crippen LogP contribution in [0.1, 0.15) is 104 Å². The Morgan fingerprint density at radius 3 is 1.88 bits per heavy atom. The van der Waals surface area contributed by atoms with E-state index in [1.54, 1.807) is 0 Å². The normalized spacial score (nSPS) is 13.8.